The molecule has 3 aliphatic rings. The first-order chi connectivity index (χ1) is 19.5. The molecule has 3 aliphatic heterocycles. The van der Waals surface area contributed by atoms with E-state index < -0.39 is 12.0 Å². The number of carbonyl (C=O) groups excluding carboxylic acids is 1. The smallest absolute Gasteiger partial charge is 0.266 e. The monoisotopic (exact) mass is 562 g/mol. The third kappa shape index (κ3) is 3.79. The van der Waals surface area contributed by atoms with Crippen LogP contribution in [0.25, 0.3) is 5.69 Å². The molecule has 1 N–H and O–H groups in total. The summed E-state index contributed by atoms with van der Waals surface area (Å²) in [4.78, 5) is 38.1. The van der Waals surface area contributed by atoms with E-state index in [1.54, 1.807) is 0 Å². The van der Waals surface area contributed by atoms with Crippen LogP contribution >= 0.6 is 24.0 Å². The average molecular weight is 563 g/mol. The van der Waals surface area contributed by atoms with Crippen LogP contribution in [0.1, 0.15) is 24.1 Å². The largest absolute Gasteiger partial charge is 0.316 e. The summed E-state index contributed by atoms with van der Waals surface area (Å²) in [6, 6.07) is 28.0. The predicted molar refractivity (Wildman–Crippen MR) is 161 cm³/mol. The number of hydrogen-bond acceptors (Lipinski definition) is 7. The van der Waals surface area contributed by atoms with Crippen molar-refractivity contribution in [3.05, 3.63) is 128 Å². The second-order valence-electron chi connectivity index (χ2n) is 9.57. The van der Waals surface area contributed by atoms with Crippen molar-refractivity contribution >= 4 is 52.3 Å². The first-order valence-corrected chi connectivity index (χ1v) is 14.0. The van der Waals surface area contributed by atoms with Crippen LogP contribution in [0.5, 0.6) is 0 Å². The topological polar surface area (TPSA) is 86.1 Å². The molecule has 0 fully saturated rings. The average Bonchev–Trinajstić information content (AvgIpc) is 3.52. The molecule has 2 unspecified atom stereocenters. The van der Waals surface area contributed by atoms with Gasteiger partial charge in [0.1, 0.15) is 11.7 Å². The van der Waals surface area contributed by atoms with Crippen LogP contribution in [0.4, 0.5) is 11.5 Å². The lowest BCUT2D eigenvalue weighted by Gasteiger charge is -2.37. The lowest BCUT2D eigenvalue weighted by Crippen LogP contribution is -2.42. The van der Waals surface area contributed by atoms with Gasteiger partial charge in [-0.25, -0.2) is 4.99 Å². The number of amides is 1. The van der Waals surface area contributed by atoms with E-state index in [2.05, 4.69) is 10.1 Å². The number of benzene rings is 3. The highest BCUT2D eigenvalue weighted by atomic mass is 32.2. The fourth-order valence-electron chi connectivity index (χ4n) is 5.40. The van der Waals surface area contributed by atoms with Gasteiger partial charge in [-0.3, -0.25) is 14.2 Å². The van der Waals surface area contributed by atoms with E-state index >= 15 is 0 Å². The second kappa shape index (κ2) is 9.58. The first kappa shape index (κ1) is 24.5. The maximum atomic E-state index is 14.3. The van der Waals surface area contributed by atoms with Crippen molar-refractivity contribution in [2.24, 2.45) is 16.0 Å². The van der Waals surface area contributed by atoms with Gasteiger partial charge in [0.25, 0.3) is 11.5 Å². The van der Waals surface area contributed by atoms with Crippen molar-refractivity contribution in [3.8, 4) is 5.69 Å². The molecule has 7 rings (SSSR count). The Morgan fingerprint density at radius 2 is 1.50 bits per heavy atom. The van der Waals surface area contributed by atoms with E-state index in [0.717, 1.165) is 11.3 Å². The standard InChI is InChI=1S/C30H22N6O2S2/c1-18-23(28(38)36(33-18)21-15-9-4-10-16-21)22-17-40-30-32-26-24(25(35(22)30)19-11-5-2-6-12-19)27(37)34(29(39)31-26)20-13-7-3-8-14-20/h2-17,23,25H,1H3,(H,31,39). The Hall–Kier alpha value is -4.54. The second-order valence-corrected chi connectivity index (χ2v) is 10.8. The number of amidine groups is 1. The summed E-state index contributed by atoms with van der Waals surface area (Å²) in [6.45, 7) is 1.86. The van der Waals surface area contributed by atoms with Gasteiger partial charge in [0, 0.05) is 5.70 Å². The molecule has 40 heavy (non-hydrogen) atoms. The van der Waals surface area contributed by atoms with Gasteiger partial charge in [-0.2, -0.15) is 10.1 Å². The normalized spacial score (nSPS) is 19.6. The molecule has 196 valence electrons. The zero-order valence-corrected chi connectivity index (χ0v) is 22.9. The zero-order chi connectivity index (χ0) is 27.4. The molecule has 0 spiro atoms. The zero-order valence-electron chi connectivity index (χ0n) is 21.3. The fraction of sp³-hybridized carbons (Fsp3) is 0.100. The molecule has 10 heteroatoms. The van der Waals surface area contributed by atoms with Gasteiger partial charge in [-0.1, -0.05) is 78.5 Å². The maximum absolute atomic E-state index is 14.3. The number of aromatic amines is 1. The van der Waals surface area contributed by atoms with Crippen LogP contribution in [0.3, 0.4) is 0 Å². The van der Waals surface area contributed by atoms with Crippen molar-refractivity contribution in [3.63, 3.8) is 0 Å². The Morgan fingerprint density at radius 3 is 2.17 bits per heavy atom. The van der Waals surface area contributed by atoms with E-state index in [4.69, 9.17) is 17.2 Å². The molecule has 1 amide bonds. The number of hydrogen-bond donors (Lipinski definition) is 1. The van der Waals surface area contributed by atoms with E-state index in [1.807, 2.05) is 108 Å². The molecule has 0 bridgehead atoms. The van der Waals surface area contributed by atoms with Crippen LogP contribution in [-0.2, 0) is 4.79 Å². The van der Waals surface area contributed by atoms with E-state index in [-0.39, 0.29) is 16.2 Å². The van der Waals surface area contributed by atoms with Crippen molar-refractivity contribution in [2.75, 3.05) is 5.01 Å². The summed E-state index contributed by atoms with van der Waals surface area (Å²) in [5, 5.41) is 8.69. The number of H-pyrrole nitrogens is 1. The highest BCUT2D eigenvalue weighted by Gasteiger charge is 2.47. The number of aliphatic imine (C=N–C) groups is 1. The van der Waals surface area contributed by atoms with Crippen LogP contribution < -0.4 is 10.6 Å². The molecule has 0 saturated heterocycles. The molecule has 3 aromatic carbocycles. The van der Waals surface area contributed by atoms with Crippen LogP contribution in [0.2, 0.25) is 0 Å². The number of fused-ring (bicyclic) bond motifs is 2. The fourth-order valence-corrected chi connectivity index (χ4v) is 6.63. The van der Waals surface area contributed by atoms with E-state index in [9.17, 15) is 9.59 Å². The summed E-state index contributed by atoms with van der Waals surface area (Å²) in [6.07, 6.45) is 0. The molecule has 0 radical (unpaired) electrons. The highest BCUT2D eigenvalue weighted by Crippen LogP contribution is 2.47. The number of thioether (sulfide) groups is 1. The Morgan fingerprint density at radius 1 is 0.875 bits per heavy atom. The minimum absolute atomic E-state index is 0.149. The van der Waals surface area contributed by atoms with Gasteiger partial charge >= 0.3 is 0 Å². The molecule has 0 saturated carbocycles. The summed E-state index contributed by atoms with van der Waals surface area (Å²) < 4.78 is 1.77. The molecule has 8 nitrogen and oxygen atoms in total. The number of rotatable bonds is 4. The molecule has 4 heterocycles. The Labute approximate surface area is 239 Å². The molecular weight excluding hydrogens is 541 g/mol. The number of hydrazone groups is 1. The van der Waals surface area contributed by atoms with Crippen LogP contribution in [0.15, 0.2) is 117 Å². The van der Waals surface area contributed by atoms with Crippen molar-refractivity contribution in [2.45, 2.75) is 13.0 Å². The van der Waals surface area contributed by atoms with Crippen LogP contribution in [0, 0.1) is 10.7 Å². The number of aromatic nitrogens is 2. The van der Waals surface area contributed by atoms with Gasteiger partial charge in [-0.15, -0.1) is 0 Å². The first-order valence-electron chi connectivity index (χ1n) is 12.7. The number of nitrogens with one attached hydrogen (secondary N) is 1. The lowest BCUT2D eigenvalue weighted by molar-refractivity contribution is -0.119. The number of carbonyl (C=O) groups is 1. The van der Waals surface area contributed by atoms with Gasteiger partial charge in [0.2, 0.25) is 0 Å². The predicted octanol–water partition coefficient (Wildman–Crippen LogP) is 5.91. The Bertz CT molecular complexity index is 1860. The van der Waals surface area contributed by atoms with Gasteiger partial charge < -0.3 is 9.88 Å². The molecule has 2 atom stereocenters. The van der Waals surface area contributed by atoms with E-state index in [0.29, 0.717) is 33.6 Å². The maximum Gasteiger partial charge on any atom is 0.266 e. The van der Waals surface area contributed by atoms with Gasteiger partial charge in [0.05, 0.1) is 28.7 Å². The van der Waals surface area contributed by atoms with E-state index in [1.165, 1.54) is 21.3 Å². The summed E-state index contributed by atoms with van der Waals surface area (Å²) in [5.74, 6) is -0.339. The lowest BCUT2D eigenvalue weighted by atomic mass is 9.93. The molecule has 4 aromatic rings. The summed E-state index contributed by atoms with van der Waals surface area (Å²) in [7, 11) is 0. The SMILES string of the molecule is CC1=NN(c2ccccc2)C(=O)C1C1=CSC2=Nc3[nH]c(=S)n(-c4ccccc4)c(=O)c3C(c3ccccc3)N12. The minimum Gasteiger partial charge on any atom is -0.316 e. The highest BCUT2D eigenvalue weighted by molar-refractivity contribution is 8.16. The molecule has 0 aliphatic carbocycles. The summed E-state index contributed by atoms with van der Waals surface area (Å²) in [5.41, 5.74) is 3.88. The number of nitrogens with zero attached hydrogens (tertiary/aromatic N) is 5. The third-order valence-corrected chi connectivity index (χ3v) is 8.33. The van der Waals surface area contributed by atoms with Gasteiger partial charge in [-0.05, 0) is 54.4 Å². The number of anilines is 1. The number of para-hydroxylation sites is 2. The third-order valence-electron chi connectivity index (χ3n) is 7.18. The quantitative estimate of drug-likeness (QED) is 0.312. The van der Waals surface area contributed by atoms with Crippen molar-refractivity contribution < 1.29 is 4.79 Å². The molecular formula is C30H22N6O2S2. The Kier molecular flexibility index (Phi) is 5.87. The summed E-state index contributed by atoms with van der Waals surface area (Å²) >= 11 is 7.04. The Balaban J connectivity index is 1.39. The van der Waals surface area contributed by atoms with Crippen LogP contribution in [-0.4, -0.2) is 31.2 Å². The minimum atomic E-state index is -0.619. The van der Waals surface area contributed by atoms with Crippen molar-refractivity contribution in [1.29, 1.82) is 0 Å². The van der Waals surface area contributed by atoms with Gasteiger partial charge in [0.15, 0.2) is 9.94 Å². The molecule has 1 aromatic heterocycles. The van der Waals surface area contributed by atoms with Crippen molar-refractivity contribution in [1.82, 2.24) is 14.5 Å².